The predicted molar refractivity (Wildman–Crippen MR) is 112 cm³/mol. The average molecular weight is 404 g/mol. The van der Waals surface area contributed by atoms with Gasteiger partial charge in [0.15, 0.2) is 0 Å². The predicted octanol–water partition coefficient (Wildman–Crippen LogP) is 4.53. The zero-order valence-corrected chi connectivity index (χ0v) is 18.0. The first kappa shape index (κ1) is 20.9. The number of nitrogens with zero attached hydrogens (tertiary/aromatic N) is 2. The smallest absolute Gasteiger partial charge is 0.256 e. The van der Waals surface area contributed by atoms with Gasteiger partial charge in [-0.2, -0.15) is 5.10 Å². The van der Waals surface area contributed by atoms with Crippen molar-refractivity contribution in [2.24, 2.45) is 5.41 Å². The number of rotatable bonds is 6. The molecule has 0 bridgehead atoms. The van der Waals surface area contributed by atoms with E-state index in [1.54, 1.807) is 4.68 Å². The molecule has 0 aliphatic carbocycles. The highest BCUT2D eigenvalue weighted by atomic mass is 35.5. The summed E-state index contributed by atoms with van der Waals surface area (Å²) in [6.45, 7) is 10.0. The van der Waals surface area contributed by atoms with Crippen LogP contribution in [0.15, 0.2) is 24.3 Å². The summed E-state index contributed by atoms with van der Waals surface area (Å²) in [7, 11) is 0. The van der Waals surface area contributed by atoms with Crippen LogP contribution in [0, 0.1) is 19.3 Å². The van der Waals surface area contributed by atoms with Gasteiger partial charge in [0.25, 0.3) is 5.91 Å². The number of ether oxygens (including phenoxy) is 1. The van der Waals surface area contributed by atoms with Gasteiger partial charge in [-0.05, 0) is 38.7 Å². The van der Waals surface area contributed by atoms with Crippen molar-refractivity contribution in [3.05, 3.63) is 51.8 Å². The Hall–Kier alpha value is -1.85. The fourth-order valence-corrected chi connectivity index (χ4v) is 3.97. The molecule has 1 aliphatic heterocycles. The molecule has 0 spiro atoms. The van der Waals surface area contributed by atoms with Crippen LogP contribution in [-0.4, -0.2) is 34.9 Å². The van der Waals surface area contributed by atoms with E-state index >= 15 is 0 Å². The van der Waals surface area contributed by atoms with E-state index in [0.717, 1.165) is 25.0 Å². The maximum Gasteiger partial charge on any atom is 0.256 e. The molecule has 1 aromatic carbocycles. The second-order valence-corrected chi connectivity index (χ2v) is 8.78. The lowest BCUT2D eigenvalue weighted by molar-refractivity contribution is -0.0531. The Balaban J connectivity index is 1.68. The van der Waals surface area contributed by atoms with Crippen molar-refractivity contribution >= 4 is 17.5 Å². The number of halogens is 1. The average Bonchev–Trinajstić information content (AvgIpc) is 2.96. The van der Waals surface area contributed by atoms with E-state index in [1.165, 1.54) is 12.0 Å². The number of aryl methyl sites for hydroxylation is 2. The summed E-state index contributed by atoms with van der Waals surface area (Å²) in [5, 5.41) is 7.91. The highest BCUT2D eigenvalue weighted by molar-refractivity contribution is 6.33. The summed E-state index contributed by atoms with van der Waals surface area (Å²) >= 11 is 6.52. The van der Waals surface area contributed by atoms with E-state index in [0.29, 0.717) is 29.5 Å². The van der Waals surface area contributed by atoms with Gasteiger partial charge in [-0.1, -0.05) is 55.3 Å². The van der Waals surface area contributed by atoms with Crippen LogP contribution in [0.1, 0.15) is 60.3 Å². The fraction of sp³-hybridized carbons (Fsp3) is 0.545. The number of benzene rings is 1. The van der Waals surface area contributed by atoms with Crippen LogP contribution in [-0.2, 0) is 11.3 Å². The minimum Gasteiger partial charge on any atom is -0.378 e. The highest BCUT2D eigenvalue weighted by Crippen LogP contribution is 2.30. The van der Waals surface area contributed by atoms with E-state index in [9.17, 15) is 4.79 Å². The number of hydrogen-bond donors (Lipinski definition) is 1. The molecule has 1 aromatic heterocycles. The molecule has 0 unspecified atom stereocenters. The van der Waals surface area contributed by atoms with Crippen LogP contribution in [0.5, 0.6) is 0 Å². The Morgan fingerprint density at radius 3 is 2.64 bits per heavy atom. The molecule has 1 amide bonds. The molecular weight excluding hydrogens is 374 g/mol. The monoisotopic (exact) mass is 403 g/mol. The normalized spacial score (nSPS) is 17.5. The van der Waals surface area contributed by atoms with Crippen molar-refractivity contribution in [3.63, 3.8) is 0 Å². The number of carbonyl (C=O) groups is 1. The maximum atomic E-state index is 12.8. The first-order valence-corrected chi connectivity index (χ1v) is 10.3. The zero-order chi connectivity index (χ0) is 20.3. The molecule has 1 fully saturated rings. The van der Waals surface area contributed by atoms with Gasteiger partial charge in [0.2, 0.25) is 0 Å². The Bertz CT molecular complexity index is 821. The molecule has 1 atom stereocenters. The van der Waals surface area contributed by atoms with Crippen LogP contribution < -0.4 is 5.32 Å². The quantitative estimate of drug-likeness (QED) is 0.771. The molecule has 2 heterocycles. The Morgan fingerprint density at radius 1 is 1.29 bits per heavy atom. The number of nitrogens with one attached hydrogen (secondary N) is 1. The second-order valence-electron chi connectivity index (χ2n) is 8.42. The zero-order valence-electron chi connectivity index (χ0n) is 17.2. The molecule has 0 saturated carbocycles. The second kappa shape index (κ2) is 8.66. The lowest BCUT2D eigenvalue weighted by Crippen LogP contribution is -2.44. The molecular formula is C22H30ClN3O2. The third kappa shape index (κ3) is 4.76. The fourth-order valence-electron chi connectivity index (χ4n) is 3.65. The molecule has 152 valence electrons. The minimum atomic E-state index is -0.179. The summed E-state index contributed by atoms with van der Waals surface area (Å²) in [6.07, 6.45) is 3.51. The van der Waals surface area contributed by atoms with Gasteiger partial charge in [0, 0.05) is 18.6 Å². The summed E-state index contributed by atoms with van der Waals surface area (Å²) < 4.78 is 7.60. The number of hydrogen-bond acceptors (Lipinski definition) is 3. The number of amides is 1. The van der Waals surface area contributed by atoms with Crippen molar-refractivity contribution < 1.29 is 9.53 Å². The number of aromatic nitrogens is 2. The lowest BCUT2D eigenvalue weighted by Gasteiger charge is -2.36. The molecule has 5 nitrogen and oxygen atoms in total. The van der Waals surface area contributed by atoms with Crippen LogP contribution in [0.4, 0.5) is 0 Å². The lowest BCUT2D eigenvalue weighted by atomic mass is 9.82. The first-order chi connectivity index (χ1) is 13.3. The van der Waals surface area contributed by atoms with Crippen molar-refractivity contribution in [1.29, 1.82) is 0 Å². The Labute approximate surface area is 172 Å². The van der Waals surface area contributed by atoms with Crippen LogP contribution in [0.3, 0.4) is 0 Å². The van der Waals surface area contributed by atoms with E-state index in [2.05, 4.69) is 55.5 Å². The van der Waals surface area contributed by atoms with Gasteiger partial charge in [-0.25, -0.2) is 4.68 Å². The van der Waals surface area contributed by atoms with E-state index in [1.807, 2.05) is 6.92 Å². The first-order valence-electron chi connectivity index (χ1n) is 9.96. The SMILES string of the molecule is Cc1ccc(Cn2nc(C)c(C(=O)NCC(C)(C)[C@@H]3CCCCO3)c2Cl)cc1. The third-order valence-electron chi connectivity index (χ3n) is 5.50. The van der Waals surface area contributed by atoms with Crippen molar-refractivity contribution in [2.75, 3.05) is 13.2 Å². The molecule has 6 heteroatoms. The van der Waals surface area contributed by atoms with E-state index in [-0.39, 0.29) is 17.4 Å². The van der Waals surface area contributed by atoms with Gasteiger partial charge in [-0.15, -0.1) is 0 Å². The Kier molecular flexibility index (Phi) is 6.46. The Morgan fingerprint density at radius 2 is 2.00 bits per heavy atom. The molecule has 28 heavy (non-hydrogen) atoms. The van der Waals surface area contributed by atoms with Gasteiger partial charge < -0.3 is 10.1 Å². The summed E-state index contributed by atoms with van der Waals surface area (Å²) in [4.78, 5) is 12.8. The molecule has 1 saturated heterocycles. The topological polar surface area (TPSA) is 56.2 Å². The van der Waals surface area contributed by atoms with Gasteiger partial charge in [0.05, 0.1) is 23.9 Å². The summed E-state index contributed by atoms with van der Waals surface area (Å²) in [5.74, 6) is -0.179. The van der Waals surface area contributed by atoms with Crippen molar-refractivity contribution in [2.45, 2.75) is 59.6 Å². The van der Waals surface area contributed by atoms with E-state index in [4.69, 9.17) is 16.3 Å². The standard InChI is InChI=1S/C22H30ClN3O2/c1-15-8-10-17(11-9-15)13-26-20(23)19(16(2)25-26)21(27)24-14-22(3,4)18-7-5-6-12-28-18/h8-11,18H,5-7,12-14H2,1-4H3,(H,24,27)/t18-/m0/s1. The van der Waals surface area contributed by atoms with Gasteiger partial charge in [0.1, 0.15) is 5.15 Å². The van der Waals surface area contributed by atoms with Crippen molar-refractivity contribution in [3.8, 4) is 0 Å². The van der Waals surface area contributed by atoms with Crippen LogP contribution in [0.25, 0.3) is 0 Å². The molecule has 2 aromatic rings. The summed E-state index contributed by atoms with van der Waals surface area (Å²) in [5.41, 5.74) is 3.26. The largest absolute Gasteiger partial charge is 0.378 e. The third-order valence-corrected chi connectivity index (χ3v) is 5.89. The molecule has 0 radical (unpaired) electrons. The molecule has 1 aliphatic rings. The van der Waals surface area contributed by atoms with Crippen molar-refractivity contribution in [1.82, 2.24) is 15.1 Å². The number of carbonyl (C=O) groups excluding carboxylic acids is 1. The molecule has 3 rings (SSSR count). The minimum absolute atomic E-state index is 0.131. The van der Waals surface area contributed by atoms with Gasteiger partial charge >= 0.3 is 0 Å². The maximum absolute atomic E-state index is 12.8. The van der Waals surface area contributed by atoms with E-state index < -0.39 is 0 Å². The highest BCUT2D eigenvalue weighted by Gasteiger charge is 2.32. The van der Waals surface area contributed by atoms with Gasteiger partial charge in [-0.3, -0.25) is 4.79 Å². The van der Waals surface area contributed by atoms with Crippen LogP contribution >= 0.6 is 11.6 Å². The molecule has 1 N–H and O–H groups in total. The van der Waals surface area contributed by atoms with Crippen LogP contribution in [0.2, 0.25) is 5.15 Å². The summed E-state index contributed by atoms with van der Waals surface area (Å²) in [6, 6.07) is 8.22.